The minimum Gasteiger partial charge on any atom is -0.317 e. The molecule has 0 fully saturated rings. The van der Waals surface area contributed by atoms with Gasteiger partial charge in [0.15, 0.2) is 0 Å². The summed E-state index contributed by atoms with van der Waals surface area (Å²) >= 11 is 1.86. The second-order valence-corrected chi connectivity index (χ2v) is 5.57. The maximum absolute atomic E-state index is 3.37. The fraction of sp³-hybridized carbons (Fsp3) is 0.714. The average Bonchev–Trinajstić information content (AvgIpc) is 2.86. The molecule has 0 aliphatic carbocycles. The summed E-state index contributed by atoms with van der Waals surface area (Å²) in [6, 6.07) is 4.93. The molecule has 0 aliphatic rings. The molecule has 1 aromatic rings. The quantitative estimate of drug-likeness (QED) is 0.678. The van der Waals surface area contributed by atoms with Crippen LogP contribution >= 0.6 is 11.3 Å². The molecule has 0 aromatic carbocycles. The summed E-state index contributed by atoms with van der Waals surface area (Å²) < 4.78 is 0. The van der Waals surface area contributed by atoms with E-state index in [1.54, 1.807) is 0 Å². The van der Waals surface area contributed by atoms with Gasteiger partial charge in [0, 0.05) is 10.9 Å². The van der Waals surface area contributed by atoms with Crippen molar-refractivity contribution in [3.63, 3.8) is 0 Å². The van der Waals surface area contributed by atoms with Crippen LogP contribution in [0.1, 0.15) is 44.0 Å². The Hall–Kier alpha value is -0.380. The maximum atomic E-state index is 3.37. The van der Waals surface area contributed by atoms with Crippen LogP contribution in [0.25, 0.3) is 0 Å². The van der Waals surface area contributed by atoms with Gasteiger partial charge < -0.3 is 5.32 Å². The number of hydrogen-bond donors (Lipinski definition) is 1. The smallest absolute Gasteiger partial charge is 0.0410 e. The van der Waals surface area contributed by atoms with E-state index in [1.807, 2.05) is 11.3 Å². The number of rotatable bonds is 9. The molecule has 0 amide bonds. The Morgan fingerprint density at radius 2 is 2.18 bits per heavy atom. The van der Waals surface area contributed by atoms with E-state index in [-0.39, 0.29) is 0 Å². The lowest BCUT2D eigenvalue weighted by atomic mass is 10.2. The summed E-state index contributed by atoms with van der Waals surface area (Å²) in [6.07, 6.45) is 3.93. The summed E-state index contributed by atoms with van der Waals surface area (Å²) in [5.41, 5.74) is 0. The first-order chi connectivity index (χ1) is 8.25. The standard InChI is InChI=1S/C14H26N2S/c1-4-15-10-6-5-7-11-16(3)13(2)14-9-8-12-17-14/h8-9,12-13,15H,4-7,10-11H2,1-3H3. The summed E-state index contributed by atoms with van der Waals surface area (Å²) in [7, 11) is 2.23. The lowest BCUT2D eigenvalue weighted by molar-refractivity contribution is 0.258. The van der Waals surface area contributed by atoms with Crippen LogP contribution in [0.2, 0.25) is 0 Å². The van der Waals surface area contributed by atoms with Gasteiger partial charge in [-0.05, 0) is 57.9 Å². The van der Waals surface area contributed by atoms with Crippen molar-refractivity contribution in [2.75, 3.05) is 26.7 Å². The van der Waals surface area contributed by atoms with Gasteiger partial charge >= 0.3 is 0 Å². The Morgan fingerprint density at radius 1 is 1.35 bits per heavy atom. The van der Waals surface area contributed by atoms with Crippen LogP contribution < -0.4 is 5.32 Å². The van der Waals surface area contributed by atoms with E-state index in [1.165, 1.54) is 37.2 Å². The molecule has 1 heterocycles. The first-order valence-corrected chi connectivity index (χ1v) is 7.58. The molecular weight excluding hydrogens is 228 g/mol. The van der Waals surface area contributed by atoms with Crippen LogP contribution in [0, 0.1) is 0 Å². The average molecular weight is 254 g/mol. The molecule has 17 heavy (non-hydrogen) atoms. The van der Waals surface area contributed by atoms with Gasteiger partial charge in [-0.2, -0.15) is 0 Å². The predicted octanol–water partition coefficient (Wildman–Crippen LogP) is 3.52. The van der Waals surface area contributed by atoms with Crippen molar-refractivity contribution in [3.8, 4) is 0 Å². The molecule has 98 valence electrons. The predicted molar refractivity (Wildman–Crippen MR) is 77.8 cm³/mol. The fourth-order valence-electron chi connectivity index (χ4n) is 1.90. The van der Waals surface area contributed by atoms with Crippen LogP contribution in [-0.4, -0.2) is 31.6 Å². The highest BCUT2D eigenvalue weighted by Gasteiger charge is 2.11. The van der Waals surface area contributed by atoms with E-state index < -0.39 is 0 Å². The van der Waals surface area contributed by atoms with Gasteiger partial charge in [-0.25, -0.2) is 0 Å². The van der Waals surface area contributed by atoms with Gasteiger partial charge in [-0.15, -0.1) is 11.3 Å². The van der Waals surface area contributed by atoms with Crippen molar-refractivity contribution in [1.82, 2.24) is 10.2 Å². The van der Waals surface area contributed by atoms with Crippen molar-refractivity contribution in [2.45, 2.75) is 39.2 Å². The second kappa shape index (κ2) is 8.67. The number of unbranched alkanes of at least 4 members (excludes halogenated alkanes) is 2. The molecule has 0 aliphatic heterocycles. The van der Waals surface area contributed by atoms with Gasteiger partial charge in [-0.1, -0.05) is 19.4 Å². The van der Waals surface area contributed by atoms with Crippen LogP contribution in [0.5, 0.6) is 0 Å². The Morgan fingerprint density at radius 3 is 2.82 bits per heavy atom. The Labute approximate surface area is 110 Å². The Kier molecular flexibility index (Phi) is 7.49. The molecule has 2 nitrogen and oxygen atoms in total. The molecule has 0 bridgehead atoms. The Balaban J connectivity index is 2.10. The molecule has 1 unspecified atom stereocenters. The number of nitrogens with one attached hydrogen (secondary N) is 1. The SMILES string of the molecule is CCNCCCCCN(C)C(C)c1cccs1. The molecule has 1 aromatic heterocycles. The monoisotopic (exact) mass is 254 g/mol. The largest absolute Gasteiger partial charge is 0.317 e. The first kappa shape index (κ1) is 14.7. The van der Waals surface area contributed by atoms with Gasteiger partial charge in [0.25, 0.3) is 0 Å². The lowest BCUT2D eigenvalue weighted by Crippen LogP contribution is -2.23. The van der Waals surface area contributed by atoms with Crippen molar-refractivity contribution in [1.29, 1.82) is 0 Å². The topological polar surface area (TPSA) is 15.3 Å². The third-order valence-corrected chi connectivity index (χ3v) is 4.27. The van der Waals surface area contributed by atoms with Crippen LogP contribution in [0.4, 0.5) is 0 Å². The van der Waals surface area contributed by atoms with E-state index >= 15 is 0 Å². The van der Waals surface area contributed by atoms with E-state index in [2.05, 4.69) is 48.6 Å². The highest BCUT2D eigenvalue weighted by atomic mass is 32.1. The molecule has 0 saturated heterocycles. The summed E-state index contributed by atoms with van der Waals surface area (Å²) in [6.45, 7) is 7.92. The van der Waals surface area contributed by atoms with E-state index in [9.17, 15) is 0 Å². The summed E-state index contributed by atoms with van der Waals surface area (Å²) in [5, 5.41) is 5.53. The first-order valence-electron chi connectivity index (χ1n) is 6.70. The van der Waals surface area contributed by atoms with E-state index in [0.717, 1.165) is 6.54 Å². The Bertz CT molecular complexity index is 272. The van der Waals surface area contributed by atoms with Gasteiger partial charge in [-0.3, -0.25) is 4.90 Å². The van der Waals surface area contributed by atoms with Crippen LogP contribution in [-0.2, 0) is 0 Å². The molecule has 1 N–H and O–H groups in total. The van der Waals surface area contributed by atoms with Gasteiger partial charge in [0.1, 0.15) is 0 Å². The molecule has 0 saturated carbocycles. The van der Waals surface area contributed by atoms with E-state index in [4.69, 9.17) is 0 Å². The maximum Gasteiger partial charge on any atom is 0.0410 e. The number of nitrogens with zero attached hydrogens (tertiary/aromatic N) is 1. The second-order valence-electron chi connectivity index (χ2n) is 4.59. The molecule has 1 atom stereocenters. The summed E-state index contributed by atoms with van der Waals surface area (Å²) in [4.78, 5) is 3.93. The number of hydrogen-bond acceptors (Lipinski definition) is 3. The molecule has 3 heteroatoms. The molecule has 0 spiro atoms. The highest BCUT2D eigenvalue weighted by molar-refractivity contribution is 7.10. The third kappa shape index (κ3) is 5.66. The van der Waals surface area contributed by atoms with Gasteiger partial charge in [0.05, 0.1) is 0 Å². The third-order valence-electron chi connectivity index (χ3n) is 3.23. The zero-order chi connectivity index (χ0) is 12.5. The molecule has 1 rings (SSSR count). The fourth-order valence-corrected chi connectivity index (χ4v) is 2.75. The van der Waals surface area contributed by atoms with E-state index in [0.29, 0.717) is 6.04 Å². The van der Waals surface area contributed by atoms with Gasteiger partial charge in [0.2, 0.25) is 0 Å². The zero-order valence-corrected chi connectivity index (χ0v) is 12.2. The van der Waals surface area contributed by atoms with Crippen molar-refractivity contribution >= 4 is 11.3 Å². The molecular formula is C14H26N2S. The highest BCUT2D eigenvalue weighted by Crippen LogP contribution is 2.23. The lowest BCUT2D eigenvalue weighted by Gasteiger charge is -2.23. The van der Waals surface area contributed by atoms with Crippen molar-refractivity contribution in [2.24, 2.45) is 0 Å². The summed E-state index contributed by atoms with van der Waals surface area (Å²) in [5.74, 6) is 0. The molecule has 0 radical (unpaired) electrons. The van der Waals surface area contributed by atoms with Crippen molar-refractivity contribution in [3.05, 3.63) is 22.4 Å². The zero-order valence-electron chi connectivity index (χ0n) is 11.4. The minimum absolute atomic E-state index is 0.559. The normalized spacial score (nSPS) is 13.2. The van der Waals surface area contributed by atoms with Crippen LogP contribution in [0.3, 0.4) is 0 Å². The van der Waals surface area contributed by atoms with Crippen LogP contribution in [0.15, 0.2) is 17.5 Å². The van der Waals surface area contributed by atoms with Crippen molar-refractivity contribution < 1.29 is 0 Å². The minimum atomic E-state index is 0.559. The number of thiophene rings is 1.